The number of carbonyl (C=O) groups is 1. The zero-order chi connectivity index (χ0) is 12.3. The standard InChI is InChI=1S/C13H19N3O/c1-9(11-4-3-6-14-8-11)16-13(17)12-5-7-15-10(12)2/h3-4,6,8-10,12,15H,5,7H2,1-2H3,(H,16,17)/t9-,10?,12?/m0/s1. The van der Waals surface area contributed by atoms with Gasteiger partial charge in [0.25, 0.3) is 0 Å². The molecule has 2 N–H and O–H groups in total. The third-order valence-corrected chi connectivity index (χ3v) is 3.41. The lowest BCUT2D eigenvalue weighted by Gasteiger charge is -2.19. The van der Waals surface area contributed by atoms with Crippen molar-refractivity contribution in [2.75, 3.05) is 6.54 Å². The van der Waals surface area contributed by atoms with E-state index in [1.54, 1.807) is 12.4 Å². The Balaban J connectivity index is 1.95. The van der Waals surface area contributed by atoms with Crippen LogP contribution in [-0.2, 0) is 4.79 Å². The number of aromatic nitrogens is 1. The number of nitrogens with zero attached hydrogens (tertiary/aromatic N) is 1. The second-order valence-corrected chi connectivity index (χ2v) is 4.65. The third-order valence-electron chi connectivity index (χ3n) is 3.41. The fourth-order valence-corrected chi connectivity index (χ4v) is 2.25. The van der Waals surface area contributed by atoms with E-state index in [-0.39, 0.29) is 23.9 Å². The van der Waals surface area contributed by atoms with Crippen LogP contribution in [0.1, 0.15) is 31.9 Å². The number of amides is 1. The average molecular weight is 233 g/mol. The molecular weight excluding hydrogens is 214 g/mol. The molecule has 0 spiro atoms. The number of carbonyl (C=O) groups excluding carboxylic acids is 1. The van der Waals surface area contributed by atoms with Crippen molar-refractivity contribution in [1.82, 2.24) is 15.6 Å². The zero-order valence-corrected chi connectivity index (χ0v) is 10.3. The minimum atomic E-state index is 0.0176. The minimum Gasteiger partial charge on any atom is -0.349 e. The maximum atomic E-state index is 12.1. The summed E-state index contributed by atoms with van der Waals surface area (Å²) < 4.78 is 0. The van der Waals surface area contributed by atoms with Crippen molar-refractivity contribution in [3.8, 4) is 0 Å². The molecule has 1 aliphatic heterocycles. The predicted octanol–water partition coefficient (Wildman–Crippen LogP) is 1.26. The average Bonchev–Trinajstić information content (AvgIpc) is 2.76. The van der Waals surface area contributed by atoms with Gasteiger partial charge in [-0.25, -0.2) is 0 Å². The minimum absolute atomic E-state index is 0.0176. The summed E-state index contributed by atoms with van der Waals surface area (Å²) in [7, 11) is 0. The maximum Gasteiger partial charge on any atom is 0.225 e. The third kappa shape index (κ3) is 2.82. The molecule has 3 atom stereocenters. The fourth-order valence-electron chi connectivity index (χ4n) is 2.25. The number of hydrogen-bond acceptors (Lipinski definition) is 3. The quantitative estimate of drug-likeness (QED) is 0.826. The highest BCUT2D eigenvalue weighted by Gasteiger charge is 2.29. The summed E-state index contributed by atoms with van der Waals surface area (Å²) in [6.45, 7) is 4.98. The molecule has 1 fully saturated rings. The summed E-state index contributed by atoms with van der Waals surface area (Å²) in [6, 6.07) is 4.16. The van der Waals surface area contributed by atoms with E-state index in [1.165, 1.54) is 0 Å². The van der Waals surface area contributed by atoms with Crippen LogP contribution in [0.25, 0.3) is 0 Å². The molecule has 1 aromatic heterocycles. The van der Waals surface area contributed by atoms with E-state index < -0.39 is 0 Å². The van der Waals surface area contributed by atoms with Crippen LogP contribution in [0.2, 0.25) is 0 Å². The Morgan fingerprint density at radius 1 is 1.65 bits per heavy atom. The highest BCUT2D eigenvalue weighted by molar-refractivity contribution is 5.80. The highest BCUT2D eigenvalue weighted by atomic mass is 16.2. The van der Waals surface area contributed by atoms with Gasteiger partial charge in [0.1, 0.15) is 0 Å². The molecular formula is C13H19N3O. The summed E-state index contributed by atoms with van der Waals surface area (Å²) in [4.78, 5) is 16.1. The lowest BCUT2D eigenvalue weighted by atomic mass is 10.0. The van der Waals surface area contributed by atoms with Gasteiger partial charge in [0.2, 0.25) is 5.91 Å². The molecule has 1 saturated heterocycles. The summed E-state index contributed by atoms with van der Waals surface area (Å²) in [5.74, 6) is 0.230. The second kappa shape index (κ2) is 5.27. The van der Waals surface area contributed by atoms with Gasteiger partial charge in [0.05, 0.1) is 12.0 Å². The van der Waals surface area contributed by atoms with Crippen LogP contribution in [0.15, 0.2) is 24.5 Å². The fraction of sp³-hybridized carbons (Fsp3) is 0.538. The van der Waals surface area contributed by atoms with Gasteiger partial charge in [-0.2, -0.15) is 0 Å². The summed E-state index contributed by atoms with van der Waals surface area (Å²) >= 11 is 0. The molecule has 2 heterocycles. The predicted molar refractivity (Wildman–Crippen MR) is 66.4 cm³/mol. The zero-order valence-electron chi connectivity index (χ0n) is 10.3. The Morgan fingerprint density at radius 2 is 2.47 bits per heavy atom. The molecule has 0 saturated carbocycles. The van der Waals surface area contributed by atoms with Gasteiger partial charge in [-0.05, 0) is 38.4 Å². The molecule has 1 aromatic rings. The van der Waals surface area contributed by atoms with Gasteiger partial charge >= 0.3 is 0 Å². The molecule has 1 amide bonds. The summed E-state index contributed by atoms with van der Waals surface area (Å²) in [5.41, 5.74) is 1.04. The largest absolute Gasteiger partial charge is 0.349 e. The van der Waals surface area contributed by atoms with E-state index in [2.05, 4.69) is 22.5 Å². The first-order chi connectivity index (χ1) is 8.18. The van der Waals surface area contributed by atoms with Crippen LogP contribution in [0, 0.1) is 5.92 Å². The summed E-state index contributed by atoms with van der Waals surface area (Å²) in [5, 5.41) is 6.34. The van der Waals surface area contributed by atoms with Gasteiger partial charge in [-0.15, -0.1) is 0 Å². The van der Waals surface area contributed by atoms with Crippen molar-refractivity contribution in [2.45, 2.75) is 32.4 Å². The SMILES string of the molecule is CC1NCCC1C(=O)N[C@@H](C)c1cccnc1. The lowest BCUT2D eigenvalue weighted by Crippen LogP contribution is -2.37. The molecule has 4 nitrogen and oxygen atoms in total. The number of rotatable bonds is 3. The van der Waals surface area contributed by atoms with Crippen LogP contribution >= 0.6 is 0 Å². The van der Waals surface area contributed by atoms with Gasteiger partial charge in [-0.3, -0.25) is 9.78 Å². The second-order valence-electron chi connectivity index (χ2n) is 4.65. The molecule has 1 aliphatic rings. The Morgan fingerprint density at radius 3 is 3.06 bits per heavy atom. The molecule has 0 radical (unpaired) electrons. The van der Waals surface area contributed by atoms with Crippen LogP contribution in [0.4, 0.5) is 0 Å². The van der Waals surface area contributed by atoms with E-state index >= 15 is 0 Å². The first-order valence-electron chi connectivity index (χ1n) is 6.12. The molecule has 4 heteroatoms. The van der Waals surface area contributed by atoms with E-state index in [9.17, 15) is 4.79 Å². The molecule has 0 aromatic carbocycles. The van der Waals surface area contributed by atoms with Crippen LogP contribution in [-0.4, -0.2) is 23.5 Å². The smallest absolute Gasteiger partial charge is 0.225 e. The molecule has 92 valence electrons. The van der Waals surface area contributed by atoms with Crippen LogP contribution < -0.4 is 10.6 Å². The molecule has 2 rings (SSSR count). The molecule has 0 bridgehead atoms. The monoisotopic (exact) mass is 233 g/mol. The summed E-state index contributed by atoms with van der Waals surface area (Å²) in [6.07, 6.45) is 4.45. The molecule has 0 aliphatic carbocycles. The first-order valence-corrected chi connectivity index (χ1v) is 6.12. The van der Waals surface area contributed by atoms with Gasteiger partial charge in [0.15, 0.2) is 0 Å². The van der Waals surface area contributed by atoms with Gasteiger partial charge in [0, 0.05) is 18.4 Å². The normalized spacial score (nSPS) is 25.5. The van der Waals surface area contributed by atoms with Crippen LogP contribution in [0.5, 0.6) is 0 Å². The molecule has 17 heavy (non-hydrogen) atoms. The first kappa shape index (κ1) is 12.0. The Hall–Kier alpha value is -1.42. The Labute approximate surface area is 102 Å². The topological polar surface area (TPSA) is 54.0 Å². The van der Waals surface area contributed by atoms with Crippen molar-refractivity contribution < 1.29 is 4.79 Å². The van der Waals surface area contributed by atoms with Crippen molar-refractivity contribution in [3.05, 3.63) is 30.1 Å². The van der Waals surface area contributed by atoms with E-state index in [1.807, 2.05) is 19.1 Å². The van der Waals surface area contributed by atoms with Crippen molar-refractivity contribution in [1.29, 1.82) is 0 Å². The van der Waals surface area contributed by atoms with E-state index in [0.29, 0.717) is 0 Å². The van der Waals surface area contributed by atoms with Gasteiger partial charge in [-0.1, -0.05) is 6.07 Å². The van der Waals surface area contributed by atoms with Crippen molar-refractivity contribution >= 4 is 5.91 Å². The number of hydrogen-bond donors (Lipinski definition) is 2. The lowest BCUT2D eigenvalue weighted by molar-refractivity contribution is -0.125. The Kier molecular flexibility index (Phi) is 3.74. The van der Waals surface area contributed by atoms with Gasteiger partial charge < -0.3 is 10.6 Å². The van der Waals surface area contributed by atoms with E-state index in [0.717, 1.165) is 18.5 Å². The maximum absolute atomic E-state index is 12.1. The number of nitrogens with one attached hydrogen (secondary N) is 2. The van der Waals surface area contributed by atoms with Crippen LogP contribution in [0.3, 0.4) is 0 Å². The highest BCUT2D eigenvalue weighted by Crippen LogP contribution is 2.17. The number of pyridine rings is 1. The Bertz CT molecular complexity index is 380. The van der Waals surface area contributed by atoms with Crippen molar-refractivity contribution in [3.63, 3.8) is 0 Å². The van der Waals surface area contributed by atoms with Crippen molar-refractivity contribution in [2.24, 2.45) is 5.92 Å². The molecule has 2 unspecified atom stereocenters. The van der Waals surface area contributed by atoms with E-state index in [4.69, 9.17) is 0 Å².